The van der Waals surface area contributed by atoms with E-state index in [-0.39, 0.29) is 18.0 Å². The molecule has 3 aliphatic rings. The van der Waals surface area contributed by atoms with E-state index in [9.17, 15) is 9.59 Å². The summed E-state index contributed by atoms with van der Waals surface area (Å²) in [7, 11) is 0. The summed E-state index contributed by atoms with van der Waals surface area (Å²) in [5.41, 5.74) is 2.74. The fourth-order valence-electron chi connectivity index (χ4n) is 5.80. The zero-order valence-electron chi connectivity index (χ0n) is 19.0. The van der Waals surface area contributed by atoms with Crippen LogP contribution in [0.25, 0.3) is 0 Å². The minimum Gasteiger partial charge on any atom is -0.467 e. The van der Waals surface area contributed by atoms with Crippen LogP contribution in [0.3, 0.4) is 0 Å². The lowest BCUT2D eigenvalue weighted by Gasteiger charge is -2.57. The first-order valence-electron chi connectivity index (χ1n) is 11.6. The molecule has 0 aromatic heterocycles. The number of para-hydroxylation sites is 1. The van der Waals surface area contributed by atoms with E-state index in [1.54, 1.807) is 0 Å². The first-order chi connectivity index (χ1) is 15.4. The molecule has 2 aromatic carbocycles. The summed E-state index contributed by atoms with van der Waals surface area (Å²) in [6, 6.07) is 13.2. The number of ether oxygens (including phenoxy) is 1. The Hall–Kier alpha value is -3.02. The van der Waals surface area contributed by atoms with E-state index >= 15 is 0 Å². The molecular weight excluding hydrogens is 402 g/mol. The normalized spacial score (nSPS) is 27.2. The summed E-state index contributed by atoms with van der Waals surface area (Å²) in [6.45, 7) is 5.94. The predicted octanol–water partition coefficient (Wildman–Crippen LogP) is 5.07. The number of hydrogen-bond acceptors (Lipinski definition) is 3. The van der Waals surface area contributed by atoms with Gasteiger partial charge in [0.25, 0.3) is 0 Å². The third-order valence-electron chi connectivity index (χ3n) is 7.32. The van der Waals surface area contributed by atoms with Gasteiger partial charge in [0.2, 0.25) is 5.91 Å². The lowest BCUT2D eigenvalue weighted by atomic mass is 9.77. The van der Waals surface area contributed by atoms with Gasteiger partial charge in [0.1, 0.15) is 11.7 Å². The highest BCUT2D eigenvalue weighted by molar-refractivity contribution is 5.96. The summed E-state index contributed by atoms with van der Waals surface area (Å²) in [5, 5.41) is 6.30. The van der Waals surface area contributed by atoms with Gasteiger partial charge in [-0.15, -0.1) is 0 Å². The molecule has 2 aliphatic heterocycles. The van der Waals surface area contributed by atoms with Crippen LogP contribution in [-0.4, -0.2) is 28.6 Å². The van der Waals surface area contributed by atoms with Gasteiger partial charge < -0.3 is 15.4 Å². The molecule has 3 atom stereocenters. The molecule has 1 aliphatic carbocycles. The van der Waals surface area contributed by atoms with Crippen LogP contribution in [-0.2, 0) is 4.79 Å². The maximum Gasteiger partial charge on any atom is 0.321 e. The maximum absolute atomic E-state index is 13.8. The van der Waals surface area contributed by atoms with E-state index in [1.165, 1.54) is 6.42 Å². The number of nitrogens with one attached hydrogen (secondary N) is 2. The van der Waals surface area contributed by atoms with Crippen molar-refractivity contribution in [3.05, 3.63) is 59.2 Å². The third-order valence-corrected chi connectivity index (χ3v) is 7.32. The Kier molecular flexibility index (Phi) is 5.11. The lowest BCUT2D eigenvalue weighted by molar-refractivity contribution is -0.162. The van der Waals surface area contributed by atoms with Crippen molar-refractivity contribution in [2.45, 2.75) is 70.7 Å². The molecule has 2 N–H and O–H groups in total. The molecule has 6 heteroatoms. The summed E-state index contributed by atoms with van der Waals surface area (Å²) >= 11 is 0. The molecule has 0 radical (unpaired) electrons. The molecule has 3 unspecified atom stereocenters. The topological polar surface area (TPSA) is 70.7 Å². The summed E-state index contributed by atoms with van der Waals surface area (Å²) in [6.07, 6.45) is 5.23. The Morgan fingerprint density at radius 1 is 1.12 bits per heavy atom. The van der Waals surface area contributed by atoms with Crippen LogP contribution >= 0.6 is 0 Å². The maximum atomic E-state index is 13.8. The van der Waals surface area contributed by atoms with Crippen molar-refractivity contribution in [2.24, 2.45) is 5.92 Å². The second-order valence-electron chi connectivity index (χ2n) is 9.57. The van der Waals surface area contributed by atoms with Crippen LogP contribution in [0.1, 0.15) is 61.8 Å². The highest BCUT2D eigenvalue weighted by atomic mass is 16.5. The lowest BCUT2D eigenvalue weighted by Crippen LogP contribution is -2.73. The van der Waals surface area contributed by atoms with Crippen LogP contribution in [0.2, 0.25) is 0 Å². The highest BCUT2D eigenvalue weighted by Crippen LogP contribution is 2.50. The highest BCUT2D eigenvalue weighted by Gasteiger charge is 2.61. The van der Waals surface area contributed by atoms with Gasteiger partial charge in [0, 0.05) is 17.3 Å². The number of fused-ring (bicyclic) bond motifs is 4. The van der Waals surface area contributed by atoms with E-state index in [4.69, 9.17) is 4.74 Å². The fraction of sp³-hybridized carbons (Fsp3) is 0.462. The van der Waals surface area contributed by atoms with Gasteiger partial charge in [0.15, 0.2) is 5.72 Å². The standard InChI is InChI=1S/C26H31N3O3/c1-16-13-14-20(17(2)15-16)27-24(30)22-23-19-11-7-8-12-21(19)32-26(22,3)29(25(31)28-23)18-9-5-4-6-10-18/h7-8,11-15,18,22-23H,4-6,9-10H2,1-3H3,(H,27,30)(H,28,31). The van der Waals surface area contributed by atoms with Crippen molar-refractivity contribution < 1.29 is 14.3 Å². The summed E-state index contributed by atoms with van der Waals surface area (Å²) < 4.78 is 6.55. The minimum atomic E-state index is -1.06. The zero-order chi connectivity index (χ0) is 22.5. The molecule has 2 fully saturated rings. The van der Waals surface area contributed by atoms with Crippen LogP contribution < -0.4 is 15.4 Å². The van der Waals surface area contributed by atoms with Gasteiger partial charge >= 0.3 is 6.03 Å². The monoisotopic (exact) mass is 433 g/mol. The number of anilines is 1. The van der Waals surface area contributed by atoms with Crippen LogP contribution in [0.15, 0.2) is 42.5 Å². The first-order valence-corrected chi connectivity index (χ1v) is 11.6. The number of aryl methyl sites for hydroxylation is 2. The van der Waals surface area contributed by atoms with Gasteiger partial charge in [-0.05, 0) is 51.3 Å². The number of carbonyl (C=O) groups excluding carboxylic acids is 2. The average Bonchev–Trinajstić information content (AvgIpc) is 2.75. The van der Waals surface area contributed by atoms with Crippen molar-refractivity contribution in [2.75, 3.05) is 5.32 Å². The number of amides is 3. The van der Waals surface area contributed by atoms with Crippen molar-refractivity contribution in [1.82, 2.24) is 10.2 Å². The first kappa shape index (κ1) is 20.9. The number of urea groups is 1. The molecule has 0 spiro atoms. The molecule has 32 heavy (non-hydrogen) atoms. The Balaban J connectivity index is 1.56. The van der Waals surface area contributed by atoms with Crippen LogP contribution in [0, 0.1) is 19.8 Å². The van der Waals surface area contributed by atoms with Crippen molar-refractivity contribution in [3.8, 4) is 5.75 Å². The van der Waals surface area contributed by atoms with Crippen LogP contribution in [0.4, 0.5) is 10.5 Å². The van der Waals surface area contributed by atoms with Crippen LogP contribution in [0.5, 0.6) is 5.75 Å². The van der Waals surface area contributed by atoms with Gasteiger partial charge in [-0.3, -0.25) is 9.69 Å². The Morgan fingerprint density at radius 2 is 1.88 bits per heavy atom. The number of carbonyl (C=O) groups is 2. The van der Waals surface area contributed by atoms with E-state index in [1.807, 2.05) is 62.1 Å². The Labute approximate surface area is 189 Å². The summed E-state index contributed by atoms with van der Waals surface area (Å²) in [5.74, 6) is 0.00821. The number of hydrogen-bond donors (Lipinski definition) is 2. The quantitative estimate of drug-likeness (QED) is 0.710. The van der Waals surface area contributed by atoms with Crippen molar-refractivity contribution >= 4 is 17.6 Å². The summed E-state index contributed by atoms with van der Waals surface area (Å²) in [4.78, 5) is 29.0. The Bertz CT molecular complexity index is 1060. The molecule has 1 saturated heterocycles. The third kappa shape index (κ3) is 3.33. The predicted molar refractivity (Wildman–Crippen MR) is 123 cm³/mol. The molecule has 3 amide bonds. The average molecular weight is 434 g/mol. The SMILES string of the molecule is Cc1ccc(NC(=O)C2C3NC(=O)N(C4CCCCC4)C2(C)Oc2ccccc23)c(C)c1. The molecular formula is C26H31N3O3. The van der Waals surface area contributed by atoms with Gasteiger partial charge in [-0.1, -0.05) is 55.2 Å². The number of benzene rings is 2. The molecule has 2 heterocycles. The molecule has 1 saturated carbocycles. The second-order valence-corrected chi connectivity index (χ2v) is 9.57. The van der Waals surface area contributed by atoms with E-state index in [0.717, 1.165) is 53.8 Å². The fourth-order valence-corrected chi connectivity index (χ4v) is 5.80. The second kappa shape index (κ2) is 7.84. The van der Waals surface area contributed by atoms with Gasteiger partial charge in [-0.2, -0.15) is 0 Å². The molecule has 2 bridgehead atoms. The number of rotatable bonds is 3. The molecule has 5 rings (SSSR count). The van der Waals surface area contributed by atoms with E-state index in [2.05, 4.69) is 16.7 Å². The van der Waals surface area contributed by atoms with E-state index < -0.39 is 17.7 Å². The van der Waals surface area contributed by atoms with Gasteiger partial charge in [-0.25, -0.2) is 4.79 Å². The smallest absolute Gasteiger partial charge is 0.321 e. The molecule has 168 valence electrons. The van der Waals surface area contributed by atoms with E-state index in [0.29, 0.717) is 0 Å². The largest absolute Gasteiger partial charge is 0.467 e. The van der Waals surface area contributed by atoms with Crippen molar-refractivity contribution in [3.63, 3.8) is 0 Å². The Morgan fingerprint density at radius 3 is 2.62 bits per heavy atom. The van der Waals surface area contributed by atoms with Gasteiger partial charge in [0.05, 0.1) is 6.04 Å². The molecule has 2 aromatic rings. The molecule has 6 nitrogen and oxygen atoms in total. The zero-order valence-corrected chi connectivity index (χ0v) is 19.0. The minimum absolute atomic E-state index is 0.0661. The number of nitrogens with zero attached hydrogens (tertiary/aromatic N) is 1. The van der Waals surface area contributed by atoms with Crippen molar-refractivity contribution in [1.29, 1.82) is 0 Å².